The van der Waals surface area contributed by atoms with Gasteiger partial charge in [-0.25, -0.2) is 13.6 Å². The summed E-state index contributed by atoms with van der Waals surface area (Å²) in [5, 5.41) is 22.5. The second-order valence-electron chi connectivity index (χ2n) is 5.12. The number of halogens is 2. The Labute approximate surface area is 129 Å². The first-order chi connectivity index (χ1) is 10.7. The van der Waals surface area contributed by atoms with E-state index >= 15 is 0 Å². The Bertz CT molecular complexity index is 626. The van der Waals surface area contributed by atoms with Gasteiger partial charge >= 0.3 is 11.7 Å². The molecule has 0 saturated carbocycles. The Morgan fingerprint density at radius 1 is 1.57 bits per heavy atom. The highest BCUT2D eigenvalue weighted by molar-refractivity contribution is 5.76. The third kappa shape index (κ3) is 3.65. The highest BCUT2D eigenvalue weighted by Crippen LogP contribution is 2.33. The quantitative estimate of drug-likeness (QED) is 0.630. The second kappa shape index (κ2) is 6.32. The average Bonchev–Trinajstić information content (AvgIpc) is 2.48. The lowest BCUT2D eigenvalue weighted by molar-refractivity contribution is -0.386. The van der Waals surface area contributed by atoms with E-state index in [2.05, 4.69) is 5.32 Å². The first kappa shape index (κ1) is 16.9. The summed E-state index contributed by atoms with van der Waals surface area (Å²) >= 11 is 0. The van der Waals surface area contributed by atoms with E-state index in [1.165, 1.54) is 13.2 Å². The first-order valence-corrected chi connectivity index (χ1v) is 6.64. The van der Waals surface area contributed by atoms with Crippen LogP contribution < -0.4 is 5.32 Å². The van der Waals surface area contributed by atoms with Gasteiger partial charge in [-0.1, -0.05) is 6.07 Å². The number of phenols is 1. The van der Waals surface area contributed by atoms with Crippen molar-refractivity contribution in [2.75, 3.05) is 26.8 Å². The number of urea groups is 1. The lowest BCUT2D eigenvalue weighted by atomic mass is 10.0. The smallest absolute Gasteiger partial charge is 0.318 e. The third-order valence-electron chi connectivity index (χ3n) is 3.44. The maximum atomic E-state index is 13.6. The third-order valence-corrected chi connectivity index (χ3v) is 3.44. The van der Waals surface area contributed by atoms with Crippen molar-refractivity contribution in [2.24, 2.45) is 0 Å². The van der Waals surface area contributed by atoms with Crippen molar-refractivity contribution in [3.63, 3.8) is 0 Å². The SMILES string of the molecule is COCC(c1ccc(O)c([N+](=O)[O-])c1)N1CC(F)(F)CNC1=O. The molecule has 2 rings (SSSR count). The largest absolute Gasteiger partial charge is 0.502 e. The number of carbonyl (C=O) groups is 1. The molecule has 1 saturated heterocycles. The van der Waals surface area contributed by atoms with Crippen LogP contribution in [0.5, 0.6) is 5.75 Å². The lowest BCUT2D eigenvalue weighted by Gasteiger charge is -2.38. The Morgan fingerprint density at radius 2 is 2.26 bits per heavy atom. The lowest BCUT2D eigenvalue weighted by Crippen LogP contribution is -2.58. The molecule has 1 heterocycles. The van der Waals surface area contributed by atoms with Gasteiger partial charge in [0.1, 0.15) is 0 Å². The number of benzene rings is 1. The summed E-state index contributed by atoms with van der Waals surface area (Å²) in [4.78, 5) is 22.9. The standard InChI is InChI=1S/C13H15F2N3O5/c1-23-5-10(17-7-13(14,15)6-16-12(17)20)8-2-3-11(19)9(4-8)18(21)22/h2-4,10,19H,5-7H2,1H3,(H,16,20). The van der Waals surface area contributed by atoms with Crippen LogP contribution in [-0.2, 0) is 4.74 Å². The van der Waals surface area contributed by atoms with Gasteiger partial charge in [0.25, 0.3) is 5.92 Å². The molecule has 2 N–H and O–H groups in total. The number of nitrogens with one attached hydrogen (secondary N) is 1. The monoisotopic (exact) mass is 331 g/mol. The minimum atomic E-state index is -3.12. The number of carbonyl (C=O) groups excluding carboxylic acids is 1. The minimum Gasteiger partial charge on any atom is -0.502 e. The molecule has 0 spiro atoms. The number of ether oxygens (including phenoxy) is 1. The predicted molar refractivity (Wildman–Crippen MR) is 74.4 cm³/mol. The number of phenolic OH excluding ortho intramolecular Hbond substituents is 1. The van der Waals surface area contributed by atoms with Crippen molar-refractivity contribution in [3.05, 3.63) is 33.9 Å². The summed E-state index contributed by atoms with van der Waals surface area (Å²) < 4.78 is 32.1. The Hall–Kier alpha value is -2.49. The molecule has 1 aliphatic rings. The van der Waals surface area contributed by atoms with Crippen LogP contribution in [0, 0.1) is 10.1 Å². The molecule has 1 unspecified atom stereocenters. The normalized spacial score (nSPS) is 18.4. The molecular weight excluding hydrogens is 316 g/mol. The number of amides is 2. The van der Waals surface area contributed by atoms with Crippen LogP contribution in [0.1, 0.15) is 11.6 Å². The number of methoxy groups -OCH3 is 1. The fourth-order valence-electron chi connectivity index (χ4n) is 2.35. The molecule has 23 heavy (non-hydrogen) atoms. The molecule has 1 atom stereocenters. The van der Waals surface area contributed by atoms with Gasteiger partial charge in [0.05, 0.1) is 30.7 Å². The summed E-state index contributed by atoms with van der Waals surface area (Å²) in [6.07, 6.45) is 0. The first-order valence-electron chi connectivity index (χ1n) is 6.64. The fraction of sp³-hybridized carbons (Fsp3) is 0.462. The maximum Gasteiger partial charge on any atom is 0.318 e. The number of rotatable bonds is 5. The molecular formula is C13H15F2N3O5. The molecule has 8 nitrogen and oxygen atoms in total. The van der Waals surface area contributed by atoms with E-state index in [0.29, 0.717) is 0 Å². The van der Waals surface area contributed by atoms with E-state index in [1.54, 1.807) is 0 Å². The number of nitro groups is 1. The highest BCUT2D eigenvalue weighted by atomic mass is 19.3. The molecule has 2 amide bonds. The molecule has 0 bridgehead atoms. The number of hydrogen-bond donors (Lipinski definition) is 2. The zero-order valence-electron chi connectivity index (χ0n) is 12.2. The van der Waals surface area contributed by atoms with Gasteiger partial charge in [0.15, 0.2) is 5.75 Å². The van der Waals surface area contributed by atoms with Crippen LogP contribution in [0.2, 0.25) is 0 Å². The van der Waals surface area contributed by atoms with Crippen molar-refractivity contribution >= 4 is 11.7 Å². The summed E-state index contributed by atoms with van der Waals surface area (Å²) in [7, 11) is 1.32. The predicted octanol–water partition coefficient (Wildman–Crippen LogP) is 1.65. The van der Waals surface area contributed by atoms with Crippen LogP contribution >= 0.6 is 0 Å². The van der Waals surface area contributed by atoms with Gasteiger partial charge in [0.2, 0.25) is 0 Å². The Kier molecular flexibility index (Phi) is 4.64. The molecule has 10 heteroatoms. The molecule has 1 aliphatic heterocycles. The van der Waals surface area contributed by atoms with Crippen LogP contribution in [0.3, 0.4) is 0 Å². The number of hydrogen-bond acceptors (Lipinski definition) is 5. The summed E-state index contributed by atoms with van der Waals surface area (Å²) in [5.41, 5.74) is -0.364. The molecule has 1 fully saturated rings. The van der Waals surface area contributed by atoms with Crippen molar-refractivity contribution in [2.45, 2.75) is 12.0 Å². The highest BCUT2D eigenvalue weighted by Gasteiger charge is 2.42. The molecule has 1 aromatic rings. The number of alkyl halides is 2. The summed E-state index contributed by atoms with van der Waals surface area (Å²) in [6.45, 7) is -1.73. The van der Waals surface area contributed by atoms with E-state index in [1.807, 2.05) is 0 Å². The van der Waals surface area contributed by atoms with Gasteiger partial charge < -0.3 is 20.1 Å². The van der Waals surface area contributed by atoms with Crippen LogP contribution in [0.25, 0.3) is 0 Å². The van der Waals surface area contributed by atoms with E-state index in [9.17, 15) is 28.8 Å². The topological polar surface area (TPSA) is 105 Å². The van der Waals surface area contributed by atoms with Crippen molar-refractivity contribution in [3.8, 4) is 5.75 Å². The zero-order chi connectivity index (χ0) is 17.2. The van der Waals surface area contributed by atoms with Crippen LogP contribution in [-0.4, -0.2) is 53.7 Å². The molecule has 0 aromatic heterocycles. The van der Waals surface area contributed by atoms with E-state index < -0.39 is 47.4 Å². The van der Waals surface area contributed by atoms with Gasteiger partial charge in [0, 0.05) is 13.2 Å². The van der Waals surface area contributed by atoms with Gasteiger partial charge in [-0.3, -0.25) is 10.1 Å². The second-order valence-corrected chi connectivity index (χ2v) is 5.12. The Morgan fingerprint density at radius 3 is 2.87 bits per heavy atom. The minimum absolute atomic E-state index is 0.134. The Balaban J connectivity index is 2.40. The fourth-order valence-corrected chi connectivity index (χ4v) is 2.35. The molecule has 0 aliphatic carbocycles. The van der Waals surface area contributed by atoms with Gasteiger partial charge in [-0.2, -0.15) is 0 Å². The number of nitro benzene ring substituents is 1. The maximum absolute atomic E-state index is 13.6. The van der Waals surface area contributed by atoms with Crippen molar-refractivity contribution in [1.82, 2.24) is 10.2 Å². The molecule has 1 aromatic carbocycles. The van der Waals surface area contributed by atoms with Gasteiger partial charge in [-0.15, -0.1) is 0 Å². The summed E-state index contributed by atoms with van der Waals surface area (Å²) in [5.74, 6) is -3.67. The van der Waals surface area contributed by atoms with Crippen molar-refractivity contribution in [1.29, 1.82) is 0 Å². The van der Waals surface area contributed by atoms with E-state index in [-0.39, 0.29) is 12.2 Å². The number of aromatic hydroxyl groups is 1. The number of nitrogens with zero attached hydrogens (tertiary/aromatic N) is 2. The average molecular weight is 331 g/mol. The zero-order valence-corrected chi connectivity index (χ0v) is 12.2. The molecule has 126 valence electrons. The van der Waals surface area contributed by atoms with E-state index in [4.69, 9.17) is 4.74 Å². The van der Waals surface area contributed by atoms with E-state index in [0.717, 1.165) is 17.0 Å². The van der Waals surface area contributed by atoms with Crippen molar-refractivity contribution < 1.29 is 28.3 Å². The van der Waals surface area contributed by atoms with Crippen LogP contribution in [0.4, 0.5) is 19.3 Å². The van der Waals surface area contributed by atoms with Gasteiger partial charge in [-0.05, 0) is 11.6 Å². The summed E-state index contributed by atoms with van der Waals surface area (Å²) in [6, 6.07) is 1.78. The molecule has 0 radical (unpaired) electrons. The van der Waals surface area contributed by atoms with Crippen LogP contribution in [0.15, 0.2) is 18.2 Å².